The van der Waals surface area contributed by atoms with Gasteiger partial charge in [-0.05, 0) is 30.2 Å². The molecule has 3 rings (SSSR count). The van der Waals surface area contributed by atoms with Crippen molar-refractivity contribution in [2.24, 2.45) is 0 Å². The molecule has 0 spiro atoms. The molecule has 0 saturated carbocycles. The van der Waals surface area contributed by atoms with Crippen molar-refractivity contribution in [3.05, 3.63) is 48.0 Å². The Labute approximate surface area is 122 Å². The first-order chi connectivity index (χ1) is 9.49. The van der Waals surface area contributed by atoms with Crippen molar-refractivity contribution < 1.29 is 9.90 Å². The fourth-order valence-electron chi connectivity index (χ4n) is 2.76. The number of aliphatic carboxylic acids is 1. The number of thioether (sulfide) groups is 1. The highest BCUT2D eigenvalue weighted by molar-refractivity contribution is 8.01. The molecule has 0 aromatic heterocycles. The first kappa shape index (κ1) is 13.5. The van der Waals surface area contributed by atoms with Crippen LogP contribution in [0.3, 0.4) is 0 Å². The number of benzene rings is 2. The van der Waals surface area contributed by atoms with Gasteiger partial charge in [0.25, 0.3) is 0 Å². The Morgan fingerprint density at radius 2 is 1.90 bits per heavy atom. The zero-order chi connectivity index (χ0) is 14.3. The van der Waals surface area contributed by atoms with Crippen LogP contribution in [0.5, 0.6) is 0 Å². The van der Waals surface area contributed by atoms with Crippen LogP contribution < -0.4 is 5.32 Å². The van der Waals surface area contributed by atoms with Crippen LogP contribution in [0, 0.1) is 0 Å². The second-order valence-electron chi connectivity index (χ2n) is 5.61. The number of nitrogens with one attached hydrogen (secondary N) is 1. The molecule has 0 amide bonds. The molecule has 2 N–H and O–H groups in total. The van der Waals surface area contributed by atoms with Crippen LogP contribution in [0.25, 0.3) is 10.8 Å². The normalized spacial score (nSPS) is 24.9. The summed E-state index contributed by atoms with van der Waals surface area (Å²) in [6, 6.07) is 13.9. The van der Waals surface area contributed by atoms with Crippen LogP contribution >= 0.6 is 11.8 Å². The predicted octanol–water partition coefficient (Wildman–Crippen LogP) is 3.41. The van der Waals surface area contributed by atoms with E-state index in [1.165, 1.54) is 10.8 Å². The summed E-state index contributed by atoms with van der Waals surface area (Å²) in [5.74, 6) is -0.787. The summed E-state index contributed by atoms with van der Waals surface area (Å²) in [5, 5.41) is 15.0. The van der Waals surface area contributed by atoms with Crippen LogP contribution in [0.4, 0.5) is 0 Å². The maximum atomic E-state index is 11.4. The summed E-state index contributed by atoms with van der Waals surface area (Å²) in [6.45, 7) is 3.96. The molecule has 2 aromatic rings. The van der Waals surface area contributed by atoms with E-state index in [4.69, 9.17) is 0 Å². The van der Waals surface area contributed by atoms with Gasteiger partial charge >= 0.3 is 5.97 Å². The molecular formula is C16H17NO2S. The molecule has 1 fully saturated rings. The third-order valence-corrected chi connectivity index (χ3v) is 5.26. The summed E-state index contributed by atoms with van der Waals surface area (Å²) in [4.78, 5) is 11.4. The molecule has 1 saturated heterocycles. The van der Waals surface area contributed by atoms with Crippen molar-refractivity contribution in [1.29, 1.82) is 0 Å². The Balaban J connectivity index is 2.03. The van der Waals surface area contributed by atoms with Crippen molar-refractivity contribution in [2.75, 3.05) is 0 Å². The maximum absolute atomic E-state index is 11.4. The number of carboxylic acids is 1. The first-order valence-electron chi connectivity index (χ1n) is 6.63. The number of fused-ring (bicyclic) bond motifs is 1. The lowest BCUT2D eigenvalue weighted by atomic mass is 10.0. The average Bonchev–Trinajstić information content (AvgIpc) is 2.74. The molecule has 3 nitrogen and oxygen atoms in total. The minimum atomic E-state index is -0.787. The highest BCUT2D eigenvalue weighted by Crippen LogP contribution is 2.47. The van der Waals surface area contributed by atoms with E-state index in [1.807, 2.05) is 32.0 Å². The molecule has 2 aromatic carbocycles. The Morgan fingerprint density at radius 3 is 2.60 bits per heavy atom. The fraction of sp³-hybridized carbons (Fsp3) is 0.312. The third kappa shape index (κ3) is 2.19. The number of hydrogen-bond donors (Lipinski definition) is 2. The Hall–Kier alpha value is -1.52. The van der Waals surface area contributed by atoms with Crippen molar-refractivity contribution >= 4 is 28.5 Å². The minimum Gasteiger partial charge on any atom is -0.480 e. The van der Waals surface area contributed by atoms with Gasteiger partial charge in [-0.15, -0.1) is 11.8 Å². The Morgan fingerprint density at radius 1 is 1.20 bits per heavy atom. The monoisotopic (exact) mass is 287 g/mol. The lowest BCUT2D eigenvalue weighted by molar-refractivity contribution is -0.139. The summed E-state index contributed by atoms with van der Waals surface area (Å²) >= 11 is 1.68. The lowest BCUT2D eigenvalue weighted by Crippen LogP contribution is -2.43. The second-order valence-corrected chi connectivity index (χ2v) is 7.37. The van der Waals surface area contributed by atoms with Gasteiger partial charge < -0.3 is 5.11 Å². The molecule has 2 unspecified atom stereocenters. The van der Waals surface area contributed by atoms with Gasteiger partial charge in [-0.3, -0.25) is 10.1 Å². The Kier molecular flexibility index (Phi) is 3.22. The van der Waals surface area contributed by atoms with Gasteiger partial charge in [-0.2, -0.15) is 0 Å². The highest BCUT2D eigenvalue weighted by Gasteiger charge is 2.45. The van der Waals surface area contributed by atoms with Crippen LogP contribution in [0.2, 0.25) is 0 Å². The average molecular weight is 287 g/mol. The number of hydrogen-bond acceptors (Lipinski definition) is 3. The van der Waals surface area contributed by atoms with Gasteiger partial charge in [0.05, 0.1) is 5.37 Å². The first-order valence-corrected chi connectivity index (χ1v) is 7.51. The van der Waals surface area contributed by atoms with E-state index in [-0.39, 0.29) is 10.1 Å². The van der Waals surface area contributed by atoms with Crippen LogP contribution in [-0.2, 0) is 4.79 Å². The molecule has 2 atom stereocenters. The van der Waals surface area contributed by atoms with Crippen molar-refractivity contribution in [1.82, 2.24) is 5.32 Å². The largest absolute Gasteiger partial charge is 0.480 e. The highest BCUT2D eigenvalue weighted by atomic mass is 32.2. The molecule has 20 heavy (non-hydrogen) atoms. The lowest BCUT2D eigenvalue weighted by Gasteiger charge is -2.20. The summed E-state index contributed by atoms with van der Waals surface area (Å²) in [7, 11) is 0. The second kappa shape index (κ2) is 4.79. The van der Waals surface area contributed by atoms with Crippen molar-refractivity contribution in [3.8, 4) is 0 Å². The molecule has 0 bridgehead atoms. The SMILES string of the molecule is CC1(C)SC(c2cccc3ccccc23)NC1C(=O)O. The summed E-state index contributed by atoms with van der Waals surface area (Å²) in [6.07, 6.45) is 0. The van der Waals surface area contributed by atoms with Crippen LogP contribution in [0.15, 0.2) is 42.5 Å². The smallest absolute Gasteiger partial charge is 0.322 e. The standard InChI is InChI=1S/C16H17NO2S/c1-16(2)13(15(18)19)17-14(20-16)12-9-5-7-10-6-3-4-8-11(10)12/h3-9,13-14,17H,1-2H3,(H,18,19). The van der Waals surface area contributed by atoms with Crippen molar-refractivity contribution in [2.45, 2.75) is 30.0 Å². The van der Waals surface area contributed by atoms with E-state index >= 15 is 0 Å². The zero-order valence-electron chi connectivity index (χ0n) is 11.5. The molecule has 4 heteroatoms. The van der Waals surface area contributed by atoms with Gasteiger partial charge in [0, 0.05) is 4.75 Å². The van der Waals surface area contributed by atoms with E-state index in [1.54, 1.807) is 11.8 Å². The minimum absolute atomic E-state index is 0.0113. The predicted molar refractivity (Wildman–Crippen MR) is 82.9 cm³/mol. The van der Waals surface area contributed by atoms with Gasteiger partial charge in [0.2, 0.25) is 0 Å². The summed E-state index contributed by atoms with van der Waals surface area (Å²) in [5.41, 5.74) is 1.16. The Bertz CT molecular complexity index is 663. The zero-order valence-corrected chi connectivity index (χ0v) is 12.3. The van der Waals surface area contributed by atoms with E-state index < -0.39 is 12.0 Å². The molecule has 0 radical (unpaired) electrons. The number of carbonyl (C=O) groups is 1. The fourth-order valence-corrected chi connectivity index (χ4v) is 4.21. The molecule has 1 heterocycles. The van der Waals surface area contributed by atoms with Crippen LogP contribution in [-0.4, -0.2) is 21.9 Å². The van der Waals surface area contributed by atoms with E-state index in [2.05, 4.69) is 29.6 Å². The number of rotatable bonds is 2. The van der Waals surface area contributed by atoms with Gasteiger partial charge in [-0.25, -0.2) is 0 Å². The van der Waals surface area contributed by atoms with Gasteiger partial charge in [-0.1, -0.05) is 42.5 Å². The third-order valence-electron chi connectivity index (χ3n) is 3.79. The molecular weight excluding hydrogens is 270 g/mol. The molecule has 1 aliphatic heterocycles. The molecule has 1 aliphatic rings. The van der Waals surface area contributed by atoms with Crippen molar-refractivity contribution in [3.63, 3.8) is 0 Å². The molecule has 0 aliphatic carbocycles. The van der Waals surface area contributed by atoms with E-state index in [9.17, 15) is 9.90 Å². The maximum Gasteiger partial charge on any atom is 0.322 e. The van der Waals surface area contributed by atoms with E-state index in [0.29, 0.717) is 0 Å². The van der Waals surface area contributed by atoms with Gasteiger partial charge in [0.15, 0.2) is 0 Å². The van der Waals surface area contributed by atoms with Gasteiger partial charge in [0.1, 0.15) is 6.04 Å². The van der Waals surface area contributed by atoms with E-state index in [0.717, 1.165) is 5.56 Å². The topological polar surface area (TPSA) is 49.3 Å². The number of carboxylic acid groups (broad SMARTS) is 1. The quantitative estimate of drug-likeness (QED) is 0.888. The van der Waals surface area contributed by atoms with Crippen LogP contribution in [0.1, 0.15) is 24.8 Å². The summed E-state index contributed by atoms with van der Waals surface area (Å²) < 4.78 is -0.326. The molecule has 104 valence electrons.